The summed E-state index contributed by atoms with van der Waals surface area (Å²) in [5.74, 6) is -6.08. The second-order valence-electron chi connectivity index (χ2n) is 2.91. The molecule has 0 aliphatic carbocycles. The lowest BCUT2D eigenvalue weighted by atomic mass is 10.2. The molecule has 0 aromatic heterocycles. The molecule has 0 spiro atoms. The predicted octanol–water partition coefficient (Wildman–Crippen LogP) is 2.97. The first-order valence-corrected chi connectivity index (χ1v) is 3.62. The van der Waals surface area contributed by atoms with E-state index in [0.717, 1.165) is 0 Å². The standard InChI is InChI=1S/C5F10O3/c6-1(2(7,8)9)4(13,14)16-5(15,18-17-1)3(10,11)12. The third kappa shape index (κ3) is 1.99. The minimum absolute atomic E-state index is 2.10. The average molecular weight is 298 g/mol. The molecule has 0 bridgehead atoms. The molecule has 0 aromatic carbocycles. The number of alkyl halides is 10. The maximum Gasteiger partial charge on any atom is 0.480 e. The zero-order valence-corrected chi connectivity index (χ0v) is 7.50. The first-order chi connectivity index (χ1) is 7.66. The Hall–Kier alpha value is -0.820. The molecule has 0 saturated carbocycles. The summed E-state index contributed by atoms with van der Waals surface area (Å²) in [4.78, 5) is 4.54. The van der Waals surface area contributed by atoms with Crippen molar-refractivity contribution >= 4 is 0 Å². The predicted molar refractivity (Wildman–Crippen MR) is 28.0 cm³/mol. The molecule has 2 unspecified atom stereocenters. The molecule has 1 aliphatic rings. The van der Waals surface area contributed by atoms with Crippen LogP contribution < -0.4 is 0 Å². The molecule has 0 amide bonds. The van der Waals surface area contributed by atoms with E-state index in [1.165, 1.54) is 0 Å². The topological polar surface area (TPSA) is 27.7 Å². The Morgan fingerprint density at radius 3 is 1.39 bits per heavy atom. The maximum absolute atomic E-state index is 12.7. The Balaban J connectivity index is 3.14. The molecule has 1 aliphatic heterocycles. The largest absolute Gasteiger partial charge is 0.480 e. The molecule has 0 N–H and O–H groups in total. The quantitative estimate of drug-likeness (QED) is 0.508. The van der Waals surface area contributed by atoms with E-state index >= 15 is 0 Å². The van der Waals surface area contributed by atoms with Gasteiger partial charge >= 0.3 is 30.4 Å². The van der Waals surface area contributed by atoms with E-state index in [1.807, 2.05) is 0 Å². The van der Waals surface area contributed by atoms with Crippen molar-refractivity contribution in [3.8, 4) is 0 Å². The molecule has 13 heteroatoms. The summed E-state index contributed by atoms with van der Waals surface area (Å²) in [6, 6.07) is -5.74. The summed E-state index contributed by atoms with van der Waals surface area (Å²) in [7, 11) is 0. The third-order valence-corrected chi connectivity index (χ3v) is 1.60. The number of ether oxygens (including phenoxy) is 1. The van der Waals surface area contributed by atoms with Crippen LogP contribution in [0.1, 0.15) is 0 Å². The van der Waals surface area contributed by atoms with Crippen LogP contribution >= 0.6 is 0 Å². The fraction of sp³-hybridized carbons (Fsp3) is 1.00. The Morgan fingerprint density at radius 1 is 0.667 bits per heavy atom. The second-order valence-corrected chi connectivity index (χ2v) is 2.91. The summed E-state index contributed by atoms with van der Waals surface area (Å²) in [5, 5.41) is 0. The molecule has 1 fully saturated rings. The van der Waals surface area contributed by atoms with E-state index in [-0.39, 0.29) is 0 Å². The third-order valence-electron chi connectivity index (χ3n) is 1.60. The highest BCUT2D eigenvalue weighted by Gasteiger charge is 2.84. The molecule has 3 nitrogen and oxygen atoms in total. The lowest BCUT2D eigenvalue weighted by molar-refractivity contribution is -0.685. The molecule has 108 valence electrons. The molecular formula is C5F10O3. The summed E-state index contributed by atoms with van der Waals surface area (Å²) in [6.45, 7) is 0. The van der Waals surface area contributed by atoms with Crippen molar-refractivity contribution in [3.63, 3.8) is 0 Å². The SMILES string of the molecule is FC(F)(F)C1(F)OOC(F)(C(F)(F)F)C(F)(F)O1. The molecule has 1 rings (SSSR count). The van der Waals surface area contributed by atoms with Gasteiger partial charge in [0.2, 0.25) is 0 Å². The monoisotopic (exact) mass is 298 g/mol. The van der Waals surface area contributed by atoms with Crippen molar-refractivity contribution < 1.29 is 58.4 Å². The van der Waals surface area contributed by atoms with Crippen molar-refractivity contribution in [3.05, 3.63) is 0 Å². The van der Waals surface area contributed by atoms with Crippen LogP contribution in [0.2, 0.25) is 0 Å². The molecule has 18 heavy (non-hydrogen) atoms. The highest BCUT2D eigenvalue weighted by atomic mass is 19.4. The van der Waals surface area contributed by atoms with E-state index in [9.17, 15) is 43.9 Å². The number of halogens is 10. The van der Waals surface area contributed by atoms with Crippen molar-refractivity contribution in [1.82, 2.24) is 0 Å². The summed E-state index contributed by atoms with van der Waals surface area (Å²) in [5.41, 5.74) is 0. The Labute approximate surface area is 90.1 Å². The van der Waals surface area contributed by atoms with Crippen LogP contribution in [-0.2, 0) is 14.5 Å². The van der Waals surface area contributed by atoms with Gasteiger partial charge in [0.05, 0.1) is 0 Å². The van der Waals surface area contributed by atoms with Crippen LogP contribution in [0.5, 0.6) is 0 Å². The summed E-state index contributed by atoms with van der Waals surface area (Å²) in [6.07, 6.45) is -19.2. The van der Waals surface area contributed by atoms with Gasteiger partial charge in [0, 0.05) is 0 Å². The second kappa shape index (κ2) is 3.60. The van der Waals surface area contributed by atoms with Gasteiger partial charge < -0.3 is 0 Å². The summed E-state index contributed by atoms with van der Waals surface area (Å²) >= 11 is 0. The Bertz CT molecular complexity index is 335. The highest BCUT2D eigenvalue weighted by molar-refractivity contribution is 4.89. The smallest absolute Gasteiger partial charge is 0.245 e. The van der Waals surface area contributed by atoms with Crippen molar-refractivity contribution in [2.75, 3.05) is 0 Å². The first-order valence-electron chi connectivity index (χ1n) is 3.62. The molecule has 0 radical (unpaired) electrons. The van der Waals surface area contributed by atoms with Gasteiger partial charge in [-0.3, -0.25) is 0 Å². The van der Waals surface area contributed by atoms with Crippen molar-refractivity contribution in [2.24, 2.45) is 0 Å². The Kier molecular flexibility index (Phi) is 3.05. The van der Waals surface area contributed by atoms with Crippen LogP contribution in [-0.4, -0.2) is 30.4 Å². The van der Waals surface area contributed by atoms with Crippen molar-refractivity contribution in [2.45, 2.75) is 30.4 Å². The van der Waals surface area contributed by atoms with E-state index < -0.39 is 30.4 Å². The zero-order valence-electron chi connectivity index (χ0n) is 7.50. The number of hydrogen-bond acceptors (Lipinski definition) is 3. The van der Waals surface area contributed by atoms with Crippen LogP contribution in [0.3, 0.4) is 0 Å². The molecule has 1 heterocycles. The molecular weight excluding hydrogens is 298 g/mol. The van der Waals surface area contributed by atoms with Gasteiger partial charge in [-0.15, -0.1) is 0 Å². The van der Waals surface area contributed by atoms with Gasteiger partial charge in [0.25, 0.3) is 0 Å². The van der Waals surface area contributed by atoms with Gasteiger partial charge in [-0.25, -0.2) is 4.74 Å². The van der Waals surface area contributed by atoms with Gasteiger partial charge in [-0.05, 0) is 0 Å². The van der Waals surface area contributed by atoms with Crippen LogP contribution in [0.15, 0.2) is 0 Å². The van der Waals surface area contributed by atoms with E-state index in [2.05, 4.69) is 14.5 Å². The number of hydrogen-bond donors (Lipinski definition) is 0. The normalized spacial score (nSPS) is 37.7. The van der Waals surface area contributed by atoms with Gasteiger partial charge in [0.15, 0.2) is 0 Å². The minimum Gasteiger partial charge on any atom is -0.245 e. The number of rotatable bonds is 0. The first kappa shape index (κ1) is 15.2. The van der Waals surface area contributed by atoms with Crippen LogP contribution in [0.4, 0.5) is 43.9 Å². The van der Waals surface area contributed by atoms with Crippen LogP contribution in [0.25, 0.3) is 0 Å². The van der Waals surface area contributed by atoms with E-state index in [0.29, 0.717) is 0 Å². The van der Waals surface area contributed by atoms with Gasteiger partial charge in [-0.1, -0.05) is 0 Å². The van der Waals surface area contributed by atoms with Gasteiger partial charge in [0.1, 0.15) is 0 Å². The lowest BCUT2D eigenvalue weighted by Crippen LogP contribution is -2.68. The Morgan fingerprint density at radius 2 is 1.11 bits per heavy atom. The zero-order chi connectivity index (χ0) is 14.6. The average Bonchev–Trinajstić information content (AvgIpc) is 2.07. The summed E-state index contributed by atoms with van der Waals surface area (Å²) < 4.78 is 123. The molecule has 0 aromatic rings. The highest BCUT2D eigenvalue weighted by Crippen LogP contribution is 2.55. The molecule has 2 atom stereocenters. The lowest BCUT2D eigenvalue weighted by Gasteiger charge is -2.41. The fourth-order valence-corrected chi connectivity index (χ4v) is 0.724. The fourth-order valence-electron chi connectivity index (χ4n) is 0.724. The van der Waals surface area contributed by atoms with E-state index in [1.54, 1.807) is 0 Å². The maximum atomic E-state index is 12.7. The van der Waals surface area contributed by atoms with Crippen molar-refractivity contribution in [1.29, 1.82) is 0 Å². The van der Waals surface area contributed by atoms with Crippen LogP contribution in [0, 0.1) is 0 Å². The minimum atomic E-state index is -6.54. The molecule has 1 saturated heterocycles. The van der Waals surface area contributed by atoms with Gasteiger partial charge in [-0.2, -0.15) is 53.7 Å². The van der Waals surface area contributed by atoms with E-state index in [4.69, 9.17) is 0 Å².